The van der Waals surface area contributed by atoms with Crippen LogP contribution in [0.4, 0.5) is 0 Å². The van der Waals surface area contributed by atoms with Gasteiger partial charge in [0.25, 0.3) is 0 Å². The van der Waals surface area contributed by atoms with Gasteiger partial charge in [-0.1, -0.05) is 0 Å². The summed E-state index contributed by atoms with van der Waals surface area (Å²) in [6, 6.07) is 0. The van der Waals surface area contributed by atoms with Gasteiger partial charge in [0.1, 0.15) is 0 Å². The van der Waals surface area contributed by atoms with E-state index in [9.17, 15) is 0 Å². The minimum atomic E-state index is -1.75. The second-order valence-electron chi connectivity index (χ2n) is 1.58. The SMILES string of the molecule is N.N.O=[N+]([O-])[O-].[Pt+4].c1cscn1.c1cscn1. The van der Waals surface area contributed by atoms with Crippen LogP contribution in [-0.2, 0) is 21.1 Å². The molecule has 0 radical (unpaired) electrons. The molecule has 11 heteroatoms. The average molecular weight is 461 g/mol. The molecule has 0 saturated carbocycles. The fourth-order valence-corrected chi connectivity index (χ4v) is 1.05. The quantitative estimate of drug-likeness (QED) is 0.449. The Morgan fingerprint density at radius 1 is 0.941 bits per heavy atom. The van der Waals surface area contributed by atoms with Crippen molar-refractivity contribution in [1.29, 1.82) is 0 Å². The van der Waals surface area contributed by atoms with Gasteiger partial charge in [-0.2, -0.15) is 0 Å². The fourth-order valence-electron chi connectivity index (χ4n) is 0.351. The van der Waals surface area contributed by atoms with Crippen molar-refractivity contribution >= 4 is 22.7 Å². The number of rotatable bonds is 0. The zero-order valence-electron chi connectivity index (χ0n) is 8.58. The van der Waals surface area contributed by atoms with Crippen LogP contribution < -0.4 is 12.3 Å². The van der Waals surface area contributed by atoms with E-state index in [1.165, 1.54) is 0 Å². The van der Waals surface area contributed by atoms with E-state index in [1.54, 1.807) is 46.1 Å². The van der Waals surface area contributed by atoms with Crippen LogP contribution in [0.15, 0.2) is 34.2 Å². The Hall–Kier alpha value is -0.932. The van der Waals surface area contributed by atoms with Gasteiger partial charge in [0, 0.05) is 23.2 Å². The van der Waals surface area contributed by atoms with Gasteiger partial charge in [-0.15, -0.1) is 22.7 Å². The first-order valence-electron chi connectivity index (χ1n) is 3.19. The molecule has 98 valence electrons. The summed E-state index contributed by atoms with van der Waals surface area (Å²) >= 11 is 3.20. The number of nitrogens with zero attached hydrogens (tertiary/aromatic N) is 3. The van der Waals surface area contributed by atoms with Crippen molar-refractivity contribution in [2.45, 2.75) is 0 Å². The van der Waals surface area contributed by atoms with Crippen molar-refractivity contribution < 1.29 is 26.2 Å². The van der Waals surface area contributed by atoms with Gasteiger partial charge < -0.3 is 27.6 Å². The predicted molar refractivity (Wildman–Crippen MR) is 64.6 cm³/mol. The van der Waals surface area contributed by atoms with Crippen LogP contribution in [0.2, 0.25) is 0 Å². The molecule has 0 aromatic carbocycles. The Kier molecular flexibility index (Phi) is 30.2. The summed E-state index contributed by atoms with van der Waals surface area (Å²) in [6.45, 7) is 0. The molecule has 2 rings (SSSR count). The van der Waals surface area contributed by atoms with Crippen molar-refractivity contribution in [2.75, 3.05) is 0 Å². The minimum absolute atomic E-state index is 0. The largest absolute Gasteiger partial charge is 4.00 e. The molecule has 0 fully saturated rings. The molecule has 17 heavy (non-hydrogen) atoms. The van der Waals surface area contributed by atoms with Crippen molar-refractivity contribution in [3.63, 3.8) is 0 Å². The molecule has 0 atom stereocenters. The molecule has 0 aliphatic rings. The Morgan fingerprint density at radius 2 is 1.24 bits per heavy atom. The van der Waals surface area contributed by atoms with Crippen LogP contribution in [-0.4, -0.2) is 15.1 Å². The smallest absolute Gasteiger partial charge is 0.356 e. The summed E-state index contributed by atoms with van der Waals surface area (Å²) in [5.74, 6) is 0. The number of aromatic nitrogens is 2. The summed E-state index contributed by atoms with van der Waals surface area (Å²) in [5.41, 5.74) is 3.58. The number of thiazole rings is 2. The molecule has 0 bridgehead atoms. The Morgan fingerprint density at radius 3 is 1.29 bits per heavy atom. The Bertz CT molecular complexity index is 243. The van der Waals surface area contributed by atoms with E-state index >= 15 is 0 Å². The molecular formula is C6H12N5O3PtS2+3. The maximum atomic E-state index is 8.25. The van der Waals surface area contributed by atoms with Gasteiger partial charge in [-0.25, -0.2) is 0 Å². The van der Waals surface area contributed by atoms with Crippen molar-refractivity contribution in [2.24, 2.45) is 0 Å². The summed E-state index contributed by atoms with van der Waals surface area (Å²) in [6.07, 6.45) is 3.54. The third kappa shape index (κ3) is 31.3. The van der Waals surface area contributed by atoms with Crippen LogP contribution in [0.3, 0.4) is 0 Å². The zero-order valence-corrected chi connectivity index (χ0v) is 12.5. The Labute approximate surface area is 120 Å². The van der Waals surface area contributed by atoms with E-state index in [0.717, 1.165) is 0 Å². The van der Waals surface area contributed by atoms with Gasteiger partial charge in [-0.05, 0) is 0 Å². The molecule has 8 nitrogen and oxygen atoms in total. The number of hydrogen-bond acceptors (Lipinski definition) is 9. The minimum Gasteiger partial charge on any atom is -0.356 e. The van der Waals surface area contributed by atoms with Crippen LogP contribution in [0.1, 0.15) is 0 Å². The molecule has 2 aromatic heterocycles. The molecule has 0 aliphatic heterocycles. The van der Waals surface area contributed by atoms with Crippen molar-refractivity contribution in [3.8, 4) is 0 Å². The van der Waals surface area contributed by atoms with Gasteiger partial charge in [0.05, 0.1) is 16.1 Å². The van der Waals surface area contributed by atoms with E-state index < -0.39 is 5.09 Å². The predicted octanol–water partition coefficient (Wildman–Crippen LogP) is 2.37. The monoisotopic (exact) mass is 461 g/mol. The van der Waals surface area contributed by atoms with Gasteiger partial charge in [0.15, 0.2) is 0 Å². The zero-order chi connectivity index (χ0) is 10.6. The van der Waals surface area contributed by atoms with Crippen molar-refractivity contribution in [3.05, 3.63) is 49.5 Å². The maximum absolute atomic E-state index is 8.25. The average Bonchev–Trinajstić information content (AvgIpc) is 2.83. The molecule has 0 unspecified atom stereocenters. The summed E-state index contributed by atoms with van der Waals surface area (Å²) in [5, 5.41) is 18.6. The van der Waals surface area contributed by atoms with Crippen molar-refractivity contribution in [1.82, 2.24) is 22.3 Å². The standard InChI is InChI=1S/2C3H3NS.NO3.2H3N.Pt/c2*1-2-5-3-4-1;2-1(3)4;;;/h2*1-3H;;2*1H3;/q;;-1;;;+4. The van der Waals surface area contributed by atoms with E-state index in [1.807, 2.05) is 10.8 Å². The maximum Gasteiger partial charge on any atom is 4.00 e. The first kappa shape index (κ1) is 25.0. The van der Waals surface area contributed by atoms with Gasteiger partial charge in [-0.3, -0.25) is 9.97 Å². The summed E-state index contributed by atoms with van der Waals surface area (Å²) in [7, 11) is 0. The first-order valence-corrected chi connectivity index (χ1v) is 5.08. The van der Waals surface area contributed by atoms with E-state index in [2.05, 4.69) is 9.97 Å². The Balaban J connectivity index is -0.0000000692. The molecule has 0 aliphatic carbocycles. The molecule has 2 heterocycles. The van der Waals surface area contributed by atoms with E-state index in [-0.39, 0.29) is 33.4 Å². The van der Waals surface area contributed by atoms with E-state index in [4.69, 9.17) is 15.3 Å². The van der Waals surface area contributed by atoms with Crippen LogP contribution >= 0.6 is 22.7 Å². The van der Waals surface area contributed by atoms with Crippen LogP contribution in [0.25, 0.3) is 0 Å². The fraction of sp³-hybridized carbons (Fsp3) is 0. The van der Waals surface area contributed by atoms with E-state index in [0.29, 0.717) is 0 Å². The van der Waals surface area contributed by atoms with Gasteiger partial charge in [0.2, 0.25) is 0 Å². The topological polar surface area (TPSA) is 162 Å². The van der Waals surface area contributed by atoms with Gasteiger partial charge >= 0.3 is 21.1 Å². The molecular weight excluding hydrogens is 449 g/mol. The van der Waals surface area contributed by atoms with Crippen LogP contribution in [0, 0.1) is 15.3 Å². The molecule has 0 spiro atoms. The second-order valence-corrected chi connectivity index (χ2v) is 3.09. The molecule has 2 aromatic rings. The second kappa shape index (κ2) is 20.5. The molecule has 0 saturated heterocycles. The summed E-state index contributed by atoms with van der Waals surface area (Å²) < 4.78 is 0. The normalized spacial score (nSPS) is 6.12. The first-order chi connectivity index (χ1) is 6.73. The molecule has 6 N–H and O–H groups in total. The third-order valence-electron chi connectivity index (χ3n) is 0.694. The van der Waals surface area contributed by atoms with Crippen LogP contribution in [0.5, 0.6) is 0 Å². The molecule has 0 amide bonds. The summed E-state index contributed by atoms with van der Waals surface area (Å²) in [4.78, 5) is 15.7. The third-order valence-corrected chi connectivity index (χ3v) is 1.74. The number of hydrogen-bond donors (Lipinski definition) is 2.